The highest BCUT2D eigenvalue weighted by Crippen LogP contribution is 2.28. The van der Waals surface area contributed by atoms with Crippen molar-refractivity contribution in [1.82, 2.24) is 15.1 Å². The fourth-order valence-corrected chi connectivity index (χ4v) is 6.10. The van der Waals surface area contributed by atoms with Crippen LogP contribution < -0.4 is 10.1 Å². The molecule has 1 amide bonds. The first-order chi connectivity index (χ1) is 12.9. The molecule has 1 saturated heterocycles. The molecule has 1 aromatic heterocycles. The van der Waals surface area contributed by atoms with Crippen LogP contribution >= 0.6 is 23.1 Å². The Hall–Kier alpha value is -1.85. The summed E-state index contributed by atoms with van der Waals surface area (Å²) in [5.74, 6) is 1.06. The Morgan fingerprint density at radius 1 is 1.37 bits per heavy atom. The van der Waals surface area contributed by atoms with Crippen LogP contribution in [0.1, 0.15) is 6.42 Å². The van der Waals surface area contributed by atoms with E-state index in [0.29, 0.717) is 15.9 Å². The van der Waals surface area contributed by atoms with Crippen LogP contribution in [0, 0.1) is 0 Å². The predicted octanol–water partition coefficient (Wildman–Crippen LogP) is 2.03. The molecule has 1 atom stereocenters. The summed E-state index contributed by atoms with van der Waals surface area (Å²) in [6.45, 7) is 0. The number of carbonyl (C=O) groups excluding carboxylic acids is 1. The molecule has 27 heavy (non-hydrogen) atoms. The van der Waals surface area contributed by atoms with E-state index in [1.165, 1.54) is 28.0 Å². The summed E-state index contributed by atoms with van der Waals surface area (Å²) in [5, 5.41) is 11.9. The van der Waals surface area contributed by atoms with Crippen LogP contribution in [0.4, 0.5) is 10.8 Å². The van der Waals surface area contributed by atoms with Gasteiger partial charge in [0.1, 0.15) is 5.75 Å². The largest absolute Gasteiger partial charge is 0.497 e. The maximum atomic E-state index is 12.3. The third kappa shape index (κ3) is 5.33. The first-order valence-corrected chi connectivity index (χ1v) is 11.8. The number of aromatic nitrogens is 2. The quantitative estimate of drug-likeness (QED) is 0.669. The standard InChI is InChI=1S/C16H20N4O4S3/c1-20(12-7-8-27(22,23)10-12)14(21)9-25-16-19-18-15(26-16)17-11-3-5-13(24-2)6-4-11/h3-6,12H,7-10H2,1-2H3,(H,17,18). The molecule has 2 aromatic rings. The van der Waals surface area contributed by atoms with Gasteiger partial charge in [-0.3, -0.25) is 4.79 Å². The Bertz CT molecular complexity index is 899. The third-order valence-corrected chi connectivity index (χ3v) is 7.92. The molecule has 1 aliphatic rings. The van der Waals surface area contributed by atoms with Crippen LogP contribution in [0.2, 0.25) is 0 Å². The van der Waals surface area contributed by atoms with Crippen molar-refractivity contribution in [2.75, 3.05) is 36.7 Å². The predicted molar refractivity (Wildman–Crippen MR) is 107 cm³/mol. The number of ether oxygens (including phenoxy) is 1. The Balaban J connectivity index is 1.50. The molecule has 0 aliphatic carbocycles. The monoisotopic (exact) mass is 428 g/mol. The second-order valence-corrected chi connectivity index (χ2v) is 10.5. The average molecular weight is 429 g/mol. The van der Waals surface area contributed by atoms with Crippen molar-refractivity contribution < 1.29 is 17.9 Å². The van der Waals surface area contributed by atoms with E-state index < -0.39 is 9.84 Å². The minimum atomic E-state index is -3.01. The summed E-state index contributed by atoms with van der Waals surface area (Å²) in [7, 11) is 0.261. The average Bonchev–Trinajstić information content (AvgIpc) is 3.25. The fourth-order valence-electron chi connectivity index (χ4n) is 2.63. The Kier molecular flexibility index (Phi) is 6.22. The van der Waals surface area contributed by atoms with Crippen LogP contribution in [0.15, 0.2) is 28.6 Å². The number of methoxy groups -OCH3 is 1. The molecule has 1 fully saturated rings. The third-order valence-electron chi connectivity index (χ3n) is 4.22. The van der Waals surface area contributed by atoms with E-state index in [9.17, 15) is 13.2 Å². The number of hydrogen-bond donors (Lipinski definition) is 1. The molecule has 3 rings (SSSR count). The van der Waals surface area contributed by atoms with Crippen LogP contribution in [0.25, 0.3) is 0 Å². The van der Waals surface area contributed by atoms with Gasteiger partial charge in [-0.1, -0.05) is 23.1 Å². The summed E-state index contributed by atoms with van der Waals surface area (Å²) in [5.41, 5.74) is 0.863. The Morgan fingerprint density at radius 2 is 2.11 bits per heavy atom. The van der Waals surface area contributed by atoms with E-state index in [2.05, 4.69) is 15.5 Å². The number of sulfone groups is 1. The molecule has 2 heterocycles. The lowest BCUT2D eigenvalue weighted by Gasteiger charge is -2.22. The minimum Gasteiger partial charge on any atom is -0.497 e. The molecule has 11 heteroatoms. The molecule has 0 spiro atoms. The minimum absolute atomic E-state index is 0.0502. The smallest absolute Gasteiger partial charge is 0.233 e. The van der Waals surface area contributed by atoms with Crippen LogP contribution in [-0.4, -0.2) is 66.9 Å². The maximum absolute atomic E-state index is 12.3. The maximum Gasteiger partial charge on any atom is 0.233 e. The van der Waals surface area contributed by atoms with Gasteiger partial charge in [-0.2, -0.15) is 0 Å². The van der Waals surface area contributed by atoms with Gasteiger partial charge in [0.2, 0.25) is 11.0 Å². The zero-order chi connectivity index (χ0) is 19.4. The summed E-state index contributed by atoms with van der Waals surface area (Å²) in [6.07, 6.45) is 0.504. The number of anilines is 2. The molecule has 0 saturated carbocycles. The number of nitrogens with zero attached hydrogens (tertiary/aromatic N) is 3. The molecule has 1 N–H and O–H groups in total. The van der Waals surface area contributed by atoms with Gasteiger partial charge in [-0.05, 0) is 30.7 Å². The van der Waals surface area contributed by atoms with E-state index in [1.54, 1.807) is 14.2 Å². The summed E-state index contributed by atoms with van der Waals surface area (Å²) in [4.78, 5) is 13.8. The van der Waals surface area contributed by atoms with Crippen LogP contribution in [0.5, 0.6) is 5.75 Å². The Morgan fingerprint density at radius 3 is 2.74 bits per heavy atom. The van der Waals surface area contributed by atoms with Gasteiger partial charge >= 0.3 is 0 Å². The van der Waals surface area contributed by atoms with Gasteiger partial charge in [0.05, 0.1) is 24.4 Å². The zero-order valence-corrected chi connectivity index (χ0v) is 17.4. The summed E-state index contributed by atoms with van der Waals surface area (Å²) in [6, 6.07) is 7.21. The lowest BCUT2D eigenvalue weighted by Crippen LogP contribution is -2.38. The molecular formula is C16H20N4O4S3. The molecule has 1 aliphatic heterocycles. The topological polar surface area (TPSA) is 101 Å². The van der Waals surface area contributed by atoms with Gasteiger partial charge in [0.15, 0.2) is 14.2 Å². The first-order valence-electron chi connectivity index (χ1n) is 8.20. The summed E-state index contributed by atoms with van der Waals surface area (Å²) < 4.78 is 28.9. The molecule has 1 aromatic carbocycles. The van der Waals surface area contributed by atoms with Crippen molar-refractivity contribution in [1.29, 1.82) is 0 Å². The lowest BCUT2D eigenvalue weighted by molar-refractivity contribution is -0.128. The second-order valence-electron chi connectivity index (χ2n) is 6.08. The fraction of sp³-hybridized carbons (Fsp3) is 0.438. The van der Waals surface area contributed by atoms with Crippen LogP contribution in [0.3, 0.4) is 0 Å². The van der Waals surface area contributed by atoms with Gasteiger partial charge in [0, 0.05) is 18.8 Å². The molecular weight excluding hydrogens is 408 g/mol. The van der Waals surface area contributed by atoms with Crippen molar-refractivity contribution >= 4 is 49.7 Å². The van der Waals surface area contributed by atoms with E-state index in [4.69, 9.17) is 4.74 Å². The highest BCUT2D eigenvalue weighted by atomic mass is 32.2. The van der Waals surface area contributed by atoms with Crippen molar-refractivity contribution in [3.8, 4) is 5.75 Å². The number of benzene rings is 1. The van der Waals surface area contributed by atoms with Gasteiger partial charge < -0.3 is 15.0 Å². The number of nitrogens with one attached hydrogen (secondary N) is 1. The van der Waals surface area contributed by atoms with Crippen molar-refractivity contribution in [2.24, 2.45) is 0 Å². The van der Waals surface area contributed by atoms with Crippen LogP contribution in [-0.2, 0) is 14.6 Å². The van der Waals surface area contributed by atoms with E-state index >= 15 is 0 Å². The molecule has 0 bridgehead atoms. The van der Waals surface area contributed by atoms with Gasteiger partial charge in [-0.15, -0.1) is 10.2 Å². The lowest BCUT2D eigenvalue weighted by atomic mass is 10.2. The summed E-state index contributed by atoms with van der Waals surface area (Å²) >= 11 is 2.65. The van der Waals surface area contributed by atoms with E-state index in [-0.39, 0.29) is 29.2 Å². The molecule has 8 nitrogen and oxygen atoms in total. The molecule has 1 unspecified atom stereocenters. The van der Waals surface area contributed by atoms with Gasteiger partial charge in [-0.25, -0.2) is 8.42 Å². The normalized spacial score (nSPS) is 18.2. The molecule has 146 valence electrons. The number of amides is 1. The Labute approximate surface area is 166 Å². The number of hydrogen-bond acceptors (Lipinski definition) is 9. The highest BCUT2D eigenvalue weighted by molar-refractivity contribution is 8.01. The number of carbonyl (C=O) groups is 1. The van der Waals surface area contributed by atoms with E-state index in [0.717, 1.165) is 11.4 Å². The van der Waals surface area contributed by atoms with Crippen molar-refractivity contribution in [3.63, 3.8) is 0 Å². The SMILES string of the molecule is COc1ccc(Nc2nnc(SCC(=O)N(C)C3CCS(=O)(=O)C3)s2)cc1. The van der Waals surface area contributed by atoms with Crippen molar-refractivity contribution in [3.05, 3.63) is 24.3 Å². The van der Waals surface area contributed by atoms with Crippen molar-refractivity contribution in [2.45, 2.75) is 16.8 Å². The second kappa shape index (κ2) is 8.44. The first kappa shape index (κ1) is 19.9. The molecule has 0 radical (unpaired) electrons. The number of thioether (sulfide) groups is 1. The number of rotatable bonds is 7. The van der Waals surface area contributed by atoms with Gasteiger partial charge in [0.25, 0.3) is 0 Å². The van der Waals surface area contributed by atoms with E-state index in [1.807, 2.05) is 24.3 Å². The zero-order valence-electron chi connectivity index (χ0n) is 14.9. The highest BCUT2D eigenvalue weighted by Gasteiger charge is 2.32.